The maximum Gasteiger partial charge on any atom is 0.250 e. The van der Waals surface area contributed by atoms with Crippen molar-refractivity contribution in [2.75, 3.05) is 12.4 Å². The third-order valence-corrected chi connectivity index (χ3v) is 5.26. The number of para-hydroxylation sites is 1. The van der Waals surface area contributed by atoms with Gasteiger partial charge in [0.15, 0.2) is 4.75 Å². The van der Waals surface area contributed by atoms with Crippen LogP contribution < -0.4 is 15.4 Å². The molecule has 0 aromatic heterocycles. The summed E-state index contributed by atoms with van der Waals surface area (Å²) in [4.78, 5) is 25.9. The van der Waals surface area contributed by atoms with Gasteiger partial charge in [0.1, 0.15) is 5.75 Å². The second-order valence-electron chi connectivity index (χ2n) is 5.62. The molecule has 1 aliphatic rings. The zero-order chi connectivity index (χ0) is 17.2. The SMILES string of the molecule is COc1cccc(CNC(=O)C2(C)Sc3ccccc3NC2=O)c1. The van der Waals surface area contributed by atoms with Gasteiger partial charge in [-0.05, 0) is 36.8 Å². The minimum Gasteiger partial charge on any atom is -0.497 e. The highest BCUT2D eigenvalue weighted by molar-refractivity contribution is 8.02. The maximum absolute atomic E-state index is 12.6. The molecule has 0 saturated carbocycles. The lowest BCUT2D eigenvalue weighted by Gasteiger charge is -2.31. The van der Waals surface area contributed by atoms with Crippen LogP contribution in [-0.4, -0.2) is 23.7 Å². The number of ether oxygens (including phenoxy) is 1. The molecule has 2 aromatic carbocycles. The van der Waals surface area contributed by atoms with Crippen molar-refractivity contribution in [3.05, 3.63) is 54.1 Å². The van der Waals surface area contributed by atoms with Crippen LogP contribution in [0.4, 0.5) is 5.69 Å². The Morgan fingerprint density at radius 2 is 2.04 bits per heavy atom. The molecule has 0 spiro atoms. The summed E-state index contributed by atoms with van der Waals surface area (Å²) in [6.45, 7) is 1.98. The molecule has 2 N–H and O–H groups in total. The van der Waals surface area contributed by atoms with Gasteiger partial charge in [0, 0.05) is 11.4 Å². The van der Waals surface area contributed by atoms with Crippen LogP contribution in [0.3, 0.4) is 0 Å². The Hall–Kier alpha value is -2.47. The van der Waals surface area contributed by atoms with Crippen molar-refractivity contribution in [3.8, 4) is 5.75 Å². The molecular weight excluding hydrogens is 324 g/mol. The summed E-state index contributed by atoms with van der Waals surface area (Å²) in [6, 6.07) is 14.9. The maximum atomic E-state index is 12.6. The van der Waals surface area contributed by atoms with Crippen LogP contribution in [0.25, 0.3) is 0 Å². The Bertz CT molecular complexity index is 793. The second kappa shape index (κ2) is 6.57. The number of carbonyl (C=O) groups is 2. The summed E-state index contributed by atoms with van der Waals surface area (Å²) in [5.41, 5.74) is 1.65. The van der Waals surface area contributed by atoms with Crippen LogP contribution in [0.2, 0.25) is 0 Å². The number of methoxy groups -OCH3 is 1. The molecule has 0 saturated heterocycles. The standard InChI is InChI=1S/C18H18N2O3S/c1-18(17(22)20-14-8-3-4-9-15(14)24-18)16(21)19-11-12-6-5-7-13(10-12)23-2/h3-10H,11H2,1-2H3,(H,19,21)(H,20,22). The van der Waals surface area contributed by atoms with E-state index < -0.39 is 4.75 Å². The molecule has 1 aliphatic heterocycles. The first kappa shape index (κ1) is 16.4. The molecule has 1 heterocycles. The van der Waals surface area contributed by atoms with Crippen molar-refractivity contribution in [3.63, 3.8) is 0 Å². The molecule has 5 nitrogen and oxygen atoms in total. The van der Waals surface area contributed by atoms with Gasteiger partial charge in [0.2, 0.25) is 11.8 Å². The number of fused-ring (bicyclic) bond motifs is 1. The lowest BCUT2D eigenvalue weighted by atomic mass is 10.1. The normalized spacial score (nSPS) is 19.2. The van der Waals surface area contributed by atoms with E-state index in [1.807, 2.05) is 48.5 Å². The van der Waals surface area contributed by atoms with Gasteiger partial charge in [-0.3, -0.25) is 9.59 Å². The lowest BCUT2D eigenvalue weighted by Crippen LogP contribution is -2.51. The van der Waals surface area contributed by atoms with Crippen LogP contribution in [0, 0.1) is 0 Å². The Labute approximate surface area is 144 Å². The first-order valence-electron chi connectivity index (χ1n) is 7.53. The van der Waals surface area contributed by atoms with Gasteiger partial charge >= 0.3 is 0 Å². The predicted octanol–water partition coefficient (Wildman–Crippen LogP) is 2.81. The molecule has 2 aromatic rings. The zero-order valence-corrected chi connectivity index (χ0v) is 14.3. The Morgan fingerprint density at radius 3 is 2.83 bits per heavy atom. The van der Waals surface area contributed by atoms with Gasteiger partial charge in [-0.2, -0.15) is 0 Å². The fourth-order valence-electron chi connectivity index (χ4n) is 2.45. The number of amides is 2. The van der Waals surface area contributed by atoms with Gasteiger partial charge in [-0.25, -0.2) is 0 Å². The first-order chi connectivity index (χ1) is 11.5. The third kappa shape index (κ3) is 3.10. The number of carbonyl (C=O) groups excluding carboxylic acids is 2. The van der Waals surface area contributed by atoms with Crippen LogP contribution >= 0.6 is 11.8 Å². The van der Waals surface area contributed by atoms with Crippen LogP contribution in [0.5, 0.6) is 5.75 Å². The number of anilines is 1. The van der Waals surface area contributed by atoms with Gasteiger partial charge < -0.3 is 15.4 Å². The number of rotatable bonds is 4. The quantitative estimate of drug-likeness (QED) is 0.839. The molecule has 3 rings (SSSR count). The van der Waals surface area contributed by atoms with E-state index >= 15 is 0 Å². The second-order valence-corrected chi connectivity index (χ2v) is 7.08. The Morgan fingerprint density at radius 1 is 1.25 bits per heavy atom. The number of nitrogens with one attached hydrogen (secondary N) is 2. The average Bonchev–Trinajstić information content (AvgIpc) is 2.60. The van der Waals surface area contributed by atoms with Crippen LogP contribution in [-0.2, 0) is 16.1 Å². The van der Waals surface area contributed by atoms with Crippen molar-refractivity contribution in [2.24, 2.45) is 0 Å². The van der Waals surface area contributed by atoms with E-state index in [4.69, 9.17) is 4.74 Å². The van der Waals surface area contributed by atoms with Crippen molar-refractivity contribution in [2.45, 2.75) is 23.1 Å². The van der Waals surface area contributed by atoms with E-state index in [2.05, 4.69) is 10.6 Å². The Kier molecular flexibility index (Phi) is 4.49. The van der Waals surface area contributed by atoms with E-state index in [0.717, 1.165) is 21.9 Å². The topological polar surface area (TPSA) is 67.4 Å². The van der Waals surface area contributed by atoms with Gasteiger partial charge in [-0.1, -0.05) is 36.0 Å². The smallest absolute Gasteiger partial charge is 0.250 e. The highest BCUT2D eigenvalue weighted by Gasteiger charge is 2.45. The van der Waals surface area contributed by atoms with E-state index in [-0.39, 0.29) is 11.8 Å². The van der Waals surface area contributed by atoms with Gasteiger partial charge in [0.05, 0.1) is 12.8 Å². The Balaban J connectivity index is 1.73. The third-order valence-electron chi connectivity index (χ3n) is 3.90. The summed E-state index contributed by atoms with van der Waals surface area (Å²) in [5.74, 6) is 0.100. The number of thioether (sulfide) groups is 1. The molecular formula is C18H18N2O3S. The van der Waals surface area contributed by atoms with Crippen molar-refractivity contribution >= 4 is 29.3 Å². The minimum atomic E-state index is -1.20. The van der Waals surface area contributed by atoms with E-state index in [1.165, 1.54) is 11.8 Å². The molecule has 1 atom stereocenters. The minimum absolute atomic E-state index is 0.311. The van der Waals surface area contributed by atoms with Crippen molar-refractivity contribution < 1.29 is 14.3 Å². The summed E-state index contributed by atoms with van der Waals surface area (Å²) in [6.07, 6.45) is 0. The summed E-state index contributed by atoms with van der Waals surface area (Å²) < 4.78 is 3.97. The molecule has 6 heteroatoms. The molecule has 24 heavy (non-hydrogen) atoms. The largest absolute Gasteiger partial charge is 0.497 e. The molecule has 0 fully saturated rings. The van der Waals surface area contributed by atoms with Crippen molar-refractivity contribution in [1.29, 1.82) is 0 Å². The van der Waals surface area contributed by atoms with Crippen molar-refractivity contribution in [1.82, 2.24) is 5.32 Å². The number of hydrogen-bond donors (Lipinski definition) is 2. The summed E-state index contributed by atoms with van der Waals surface area (Å²) in [5, 5.41) is 5.65. The molecule has 0 radical (unpaired) electrons. The molecule has 0 bridgehead atoms. The summed E-state index contributed by atoms with van der Waals surface area (Å²) in [7, 11) is 1.60. The van der Waals surface area contributed by atoms with Crippen LogP contribution in [0.15, 0.2) is 53.4 Å². The zero-order valence-electron chi connectivity index (χ0n) is 13.5. The number of hydrogen-bond acceptors (Lipinski definition) is 4. The number of benzene rings is 2. The summed E-state index contributed by atoms with van der Waals surface area (Å²) >= 11 is 1.27. The first-order valence-corrected chi connectivity index (χ1v) is 8.35. The van der Waals surface area contributed by atoms with Crippen LogP contribution in [0.1, 0.15) is 12.5 Å². The lowest BCUT2D eigenvalue weighted by molar-refractivity contribution is -0.130. The monoisotopic (exact) mass is 342 g/mol. The average molecular weight is 342 g/mol. The van der Waals surface area contributed by atoms with Gasteiger partial charge in [0.25, 0.3) is 0 Å². The van der Waals surface area contributed by atoms with E-state index in [1.54, 1.807) is 14.0 Å². The highest BCUT2D eigenvalue weighted by atomic mass is 32.2. The van der Waals surface area contributed by atoms with E-state index in [9.17, 15) is 9.59 Å². The fourth-order valence-corrected chi connectivity index (χ4v) is 3.57. The van der Waals surface area contributed by atoms with Gasteiger partial charge in [-0.15, -0.1) is 0 Å². The van der Waals surface area contributed by atoms with E-state index in [0.29, 0.717) is 6.54 Å². The predicted molar refractivity (Wildman–Crippen MR) is 94.2 cm³/mol. The fraction of sp³-hybridized carbons (Fsp3) is 0.222. The highest BCUT2D eigenvalue weighted by Crippen LogP contribution is 2.42. The molecule has 0 aliphatic carbocycles. The molecule has 1 unspecified atom stereocenters. The molecule has 2 amide bonds. The molecule has 124 valence electrons.